The van der Waals surface area contributed by atoms with Crippen molar-refractivity contribution in [2.75, 3.05) is 19.7 Å². The van der Waals surface area contributed by atoms with Gasteiger partial charge in [-0.2, -0.15) is 0 Å². The van der Waals surface area contributed by atoms with Crippen molar-refractivity contribution in [2.24, 2.45) is 17.8 Å². The highest BCUT2D eigenvalue weighted by Gasteiger charge is 2.75. The Balaban J connectivity index is 1.44. The third-order valence-electron chi connectivity index (χ3n) is 10.2. The minimum absolute atomic E-state index is 0.0892. The molecule has 1 saturated carbocycles. The smallest absolute Gasteiger partial charge is 0.249 e. The van der Waals surface area contributed by atoms with Crippen LogP contribution >= 0.6 is 0 Å². The molecule has 1 aromatic carbocycles. The molecule has 0 bridgehead atoms. The van der Waals surface area contributed by atoms with Crippen molar-refractivity contribution >= 4 is 17.7 Å². The van der Waals surface area contributed by atoms with Crippen molar-refractivity contribution in [3.63, 3.8) is 0 Å². The maximum absolute atomic E-state index is 14.6. The van der Waals surface area contributed by atoms with Crippen molar-refractivity contribution in [3.8, 4) is 0 Å². The zero-order chi connectivity index (χ0) is 28.9. The van der Waals surface area contributed by atoms with E-state index in [1.54, 1.807) is 9.80 Å². The Morgan fingerprint density at radius 2 is 1.63 bits per heavy atom. The number of fused-ring (bicyclic) bond motifs is 2. The van der Waals surface area contributed by atoms with Gasteiger partial charge in [0.25, 0.3) is 0 Å². The minimum atomic E-state index is -1.30. The van der Waals surface area contributed by atoms with E-state index >= 15 is 0 Å². The Kier molecular flexibility index (Phi) is 7.35. The van der Waals surface area contributed by atoms with Crippen LogP contribution in [0.4, 0.5) is 0 Å². The van der Waals surface area contributed by atoms with Crippen LogP contribution in [-0.2, 0) is 25.7 Å². The lowest BCUT2D eigenvalue weighted by atomic mass is 9.74. The number of nitrogens with zero attached hydrogens (tertiary/aromatic N) is 3. The van der Waals surface area contributed by atoms with Crippen molar-refractivity contribution in [1.29, 1.82) is 0 Å². The summed E-state index contributed by atoms with van der Waals surface area (Å²) in [6.45, 7) is 6.82. The number of rotatable bonds is 6. The average Bonchev–Trinajstić information content (AvgIpc) is 3.23. The molecule has 2 saturated heterocycles. The van der Waals surface area contributed by atoms with E-state index in [1.807, 2.05) is 80.3 Å². The summed E-state index contributed by atoms with van der Waals surface area (Å²) < 4.78 is 6.97. The van der Waals surface area contributed by atoms with Crippen molar-refractivity contribution in [3.05, 3.63) is 60.2 Å². The van der Waals surface area contributed by atoms with E-state index in [0.717, 1.165) is 31.2 Å². The fourth-order valence-corrected chi connectivity index (χ4v) is 8.17. The summed E-state index contributed by atoms with van der Waals surface area (Å²) >= 11 is 0. The quantitative estimate of drug-likeness (QED) is 0.539. The molecule has 6 rings (SSSR count). The average molecular weight is 562 g/mol. The lowest BCUT2D eigenvalue weighted by molar-refractivity contribution is -0.158. The van der Waals surface area contributed by atoms with Crippen LogP contribution in [0.2, 0.25) is 0 Å². The van der Waals surface area contributed by atoms with E-state index in [4.69, 9.17) is 4.74 Å². The summed E-state index contributed by atoms with van der Waals surface area (Å²) in [6, 6.07) is 8.45. The van der Waals surface area contributed by atoms with Gasteiger partial charge in [0.2, 0.25) is 17.7 Å². The monoisotopic (exact) mass is 561 g/mol. The highest BCUT2D eigenvalue weighted by Crippen LogP contribution is 2.58. The SMILES string of the molecule is CC(C)[C@H](CO)N1C(=O)[C@@H]2[C@@H]3C(=O)N(Cc4ccccc4)CC=C[C@]3(C)O[C@@]23C=CCN(C2CCCCC2)C(=O)C13. The van der Waals surface area contributed by atoms with E-state index in [-0.39, 0.29) is 36.3 Å². The van der Waals surface area contributed by atoms with Crippen molar-refractivity contribution in [1.82, 2.24) is 14.7 Å². The highest BCUT2D eigenvalue weighted by atomic mass is 16.5. The first-order valence-corrected chi connectivity index (χ1v) is 15.3. The summed E-state index contributed by atoms with van der Waals surface area (Å²) in [6.07, 6.45) is 13.0. The van der Waals surface area contributed by atoms with Crippen LogP contribution in [0.25, 0.3) is 0 Å². The predicted molar refractivity (Wildman–Crippen MR) is 154 cm³/mol. The van der Waals surface area contributed by atoms with Gasteiger partial charge < -0.3 is 24.5 Å². The molecule has 8 heteroatoms. The molecule has 4 aliphatic heterocycles. The van der Waals surface area contributed by atoms with Crippen LogP contribution in [0.15, 0.2) is 54.6 Å². The second-order valence-electron chi connectivity index (χ2n) is 13.0. The number of hydrogen-bond acceptors (Lipinski definition) is 5. The maximum atomic E-state index is 14.6. The van der Waals surface area contributed by atoms with E-state index in [2.05, 4.69) is 0 Å². The third-order valence-corrected chi connectivity index (χ3v) is 10.2. The Morgan fingerprint density at radius 1 is 0.927 bits per heavy atom. The van der Waals surface area contributed by atoms with Gasteiger partial charge >= 0.3 is 0 Å². The molecule has 3 fully saturated rings. The number of aliphatic hydroxyl groups excluding tert-OH is 1. The molecule has 0 radical (unpaired) electrons. The molecule has 1 N–H and O–H groups in total. The Bertz CT molecular complexity index is 1240. The second kappa shape index (κ2) is 10.7. The van der Waals surface area contributed by atoms with Gasteiger partial charge in [0.1, 0.15) is 11.6 Å². The fraction of sp³-hybridized carbons (Fsp3) is 0.606. The zero-order valence-corrected chi connectivity index (χ0v) is 24.4. The van der Waals surface area contributed by atoms with Gasteiger partial charge in [-0.05, 0) is 31.2 Å². The third kappa shape index (κ3) is 4.45. The first kappa shape index (κ1) is 28.2. The van der Waals surface area contributed by atoms with Gasteiger partial charge in [0.15, 0.2) is 0 Å². The van der Waals surface area contributed by atoms with E-state index in [9.17, 15) is 19.5 Å². The number of benzene rings is 1. The molecule has 1 aliphatic carbocycles. The van der Waals surface area contributed by atoms with Crippen molar-refractivity contribution < 1.29 is 24.2 Å². The van der Waals surface area contributed by atoms with Gasteiger partial charge in [-0.1, -0.05) is 87.7 Å². The Labute approximate surface area is 243 Å². The van der Waals surface area contributed by atoms with Crippen LogP contribution in [-0.4, -0.2) is 86.6 Å². The molecule has 1 aromatic rings. The maximum Gasteiger partial charge on any atom is 0.249 e. The number of aliphatic hydroxyl groups is 1. The molecule has 1 spiro atoms. The normalized spacial score (nSPS) is 34.5. The number of ether oxygens (including phenoxy) is 1. The second-order valence-corrected chi connectivity index (χ2v) is 13.0. The lowest BCUT2D eigenvalue weighted by Gasteiger charge is -2.43. The van der Waals surface area contributed by atoms with E-state index in [1.165, 1.54) is 6.42 Å². The molecule has 41 heavy (non-hydrogen) atoms. The fourth-order valence-electron chi connectivity index (χ4n) is 8.17. The van der Waals surface area contributed by atoms with Crippen LogP contribution < -0.4 is 0 Å². The number of carbonyl (C=O) groups is 3. The van der Waals surface area contributed by atoms with Gasteiger partial charge in [-0.25, -0.2) is 0 Å². The summed E-state index contributed by atoms with van der Waals surface area (Å²) in [7, 11) is 0. The number of likely N-dealkylation sites (tertiary alicyclic amines) is 1. The van der Waals surface area contributed by atoms with E-state index < -0.39 is 35.1 Å². The molecule has 220 valence electrons. The Hall–Kier alpha value is -2.97. The highest BCUT2D eigenvalue weighted by molar-refractivity contribution is 6.00. The number of amides is 3. The molecule has 4 heterocycles. The molecule has 1 unspecified atom stereocenters. The molecule has 8 nitrogen and oxygen atoms in total. The van der Waals surface area contributed by atoms with Crippen LogP contribution in [0, 0.1) is 17.8 Å². The van der Waals surface area contributed by atoms with Gasteiger partial charge in [-0.3, -0.25) is 14.4 Å². The number of hydrogen-bond donors (Lipinski definition) is 1. The first-order chi connectivity index (χ1) is 19.7. The van der Waals surface area contributed by atoms with Crippen molar-refractivity contribution in [2.45, 2.75) is 88.7 Å². The summed E-state index contributed by atoms with van der Waals surface area (Å²) in [5.41, 5.74) is -1.34. The lowest BCUT2D eigenvalue weighted by Crippen LogP contribution is -2.60. The van der Waals surface area contributed by atoms with Crippen LogP contribution in [0.3, 0.4) is 0 Å². The summed E-state index contributed by atoms with van der Waals surface area (Å²) in [5, 5.41) is 10.5. The van der Waals surface area contributed by atoms with Crippen LogP contribution in [0.5, 0.6) is 0 Å². The van der Waals surface area contributed by atoms with Gasteiger partial charge in [0.05, 0.1) is 30.1 Å². The molecule has 0 aromatic heterocycles. The molecular formula is C33H43N3O5. The summed E-state index contributed by atoms with van der Waals surface area (Å²) in [4.78, 5) is 49.0. The topological polar surface area (TPSA) is 90.4 Å². The molecule has 5 aliphatic rings. The minimum Gasteiger partial charge on any atom is -0.394 e. The largest absolute Gasteiger partial charge is 0.394 e. The van der Waals surface area contributed by atoms with Gasteiger partial charge in [0, 0.05) is 25.7 Å². The predicted octanol–water partition coefficient (Wildman–Crippen LogP) is 3.30. The van der Waals surface area contributed by atoms with E-state index in [0.29, 0.717) is 19.6 Å². The summed E-state index contributed by atoms with van der Waals surface area (Å²) in [5.74, 6) is -2.30. The Morgan fingerprint density at radius 3 is 2.32 bits per heavy atom. The molecular weight excluding hydrogens is 518 g/mol. The molecule has 6 atom stereocenters. The standard InChI is InChI=1S/C33H43N3O5/c1-22(2)25(21-37)36-28-31(40)35(24-14-8-5-9-15-24)19-11-17-33(28)27(30(36)39)26-29(38)34(18-10-16-32(26,3)41-33)20-23-12-6-4-7-13-23/h4,6-7,10-13,16-17,22,24-28,37H,5,8-9,14-15,18-21H2,1-3H3/t25-,26+,27-,28?,32-,33-/m0/s1. The molecule has 3 amide bonds. The van der Waals surface area contributed by atoms with Gasteiger partial charge in [-0.15, -0.1) is 0 Å². The number of carbonyl (C=O) groups excluding carboxylic acids is 3. The van der Waals surface area contributed by atoms with Crippen LogP contribution in [0.1, 0.15) is 58.4 Å². The zero-order valence-electron chi connectivity index (χ0n) is 24.4. The first-order valence-electron chi connectivity index (χ1n) is 15.3.